The summed E-state index contributed by atoms with van der Waals surface area (Å²) in [6, 6.07) is 21.4. The van der Waals surface area contributed by atoms with Crippen LogP contribution in [0.4, 0.5) is 0 Å². The number of rotatable bonds is 22. The van der Waals surface area contributed by atoms with Gasteiger partial charge in [-0.3, -0.25) is 4.79 Å². The predicted octanol–water partition coefficient (Wildman–Crippen LogP) is 6.95. The van der Waals surface area contributed by atoms with Gasteiger partial charge in [-0.05, 0) is 77.9 Å². The maximum absolute atomic E-state index is 12.7. The van der Waals surface area contributed by atoms with Gasteiger partial charge in [-0.15, -0.1) is 0 Å². The molecule has 1 atom stereocenters. The van der Waals surface area contributed by atoms with E-state index in [1.807, 2.05) is 50.2 Å². The van der Waals surface area contributed by atoms with Crippen LogP contribution in [0.15, 0.2) is 85.5 Å². The second-order valence-electron chi connectivity index (χ2n) is 11.9. The molecular formula is C39H48O10. The Morgan fingerprint density at radius 2 is 1.08 bits per heavy atom. The first-order valence-corrected chi connectivity index (χ1v) is 16.6. The van der Waals surface area contributed by atoms with Crippen molar-refractivity contribution in [1.29, 1.82) is 0 Å². The van der Waals surface area contributed by atoms with E-state index in [0.717, 1.165) is 23.6 Å². The standard InChI is InChI=1S/C39H48O10/c1-6-37(40)47-26-25-46-33-13-7-30(8-14-33)31-9-17-35(18-10-31)49-38(41)32-11-15-34(16-12-32)45-23-21-43-19-20-44-22-24-48-39(42)36(29(4)5)27-28(2)3/h6-18,28-29,36H,1,19-27H2,2-5H3/t36-/m0/s1. The van der Waals surface area contributed by atoms with Gasteiger partial charge in [0, 0.05) is 6.08 Å². The Labute approximate surface area is 289 Å². The highest BCUT2D eigenvalue weighted by molar-refractivity contribution is 5.91. The van der Waals surface area contributed by atoms with Gasteiger partial charge < -0.3 is 33.2 Å². The minimum Gasteiger partial charge on any atom is -0.491 e. The lowest BCUT2D eigenvalue weighted by Gasteiger charge is -2.21. The summed E-state index contributed by atoms with van der Waals surface area (Å²) >= 11 is 0. The van der Waals surface area contributed by atoms with E-state index in [-0.39, 0.29) is 37.6 Å². The fraction of sp³-hybridized carbons (Fsp3) is 0.410. The molecule has 49 heavy (non-hydrogen) atoms. The van der Waals surface area contributed by atoms with Crippen molar-refractivity contribution in [2.24, 2.45) is 17.8 Å². The highest BCUT2D eigenvalue weighted by Gasteiger charge is 2.24. The topological polar surface area (TPSA) is 116 Å². The molecule has 264 valence electrons. The Morgan fingerprint density at radius 1 is 0.612 bits per heavy atom. The molecule has 0 unspecified atom stereocenters. The van der Waals surface area contributed by atoms with Gasteiger partial charge in [-0.2, -0.15) is 0 Å². The average molecular weight is 677 g/mol. The maximum Gasteiger partial charge on any atom is 0.343 e. The molecule has 0 heterocycles. The molecule has 0 N–H and O–H groups in total. The molecule has 0 saturated carbocycles. The van der Waals surface area contributed by atoms with Crippen molar-refractivity contribution in [3.63, 3.8) is 0 Å². The van der Waals surface area contributed by atoms with Gasteiger partial charge in [-0.1, -0.05) is 58.5 Å². The van der Waals surface area contributed by atoms with Crippen LogP contribution in [0.1, 0.15) is 44.5 Å². The minimum atomic E-state index is -0.486. The number of esters is 3. The number of hydrogen-bond acceptors (Lipinski definition) is 10. The zero-order chi connectivity index (χ0) is 35.4. The second-order valence-corrected chi connectivity index (χ2v) is 11.9. The zero-order valence-electron chi connectivity index (χ0n) is 28.9. The lowest BCUT2D eigenvalue weighted by atomic mass is 9.88. The van der Waals surface area contributed by atoms with Crippen LogP contribution in [0.25, 0.3) is 11.1 Å². The summed E-state index contributed by atoms with van der Waals surface area (Å²) in [5, 5.41) is 0. The van der Waals surface area contributed by atoms with Gasteiger partial charge in [0.1, 0.15) is 43.7 Å². The number of carbonyl (C=O) groups excluding carboxylic acids is 3. The molecular weight excluding hydrogens is 628 g/mol. The monoisotopic (exact) mass is 676 g/mol. The molecule has 10 heteroatoms. The van der Waals surface area contributed by atoms with Crippen LogP contribution in [0, 0.1) is 17.8 Å². The third-order valence-electron chi connectivity index (χ3n) is 7.28. The van der Waals surface area contributed by atoms with Crippen LogP contribution in [0.5, 0.6) is 17.2 Å². The summed E-state index contributed by atoms with van der Waals surface area (Å²) in [6.45, 7) is 14.1. The van der Waals surface area contributed by atoms with Gasteiger partial charge in [-0.25, -0.2) is 9.59 Å². The van der Waals surface area contributed by atoms with E-state index >= 15 is 0 Å². The maximum atomic E-state index is 12.7. The van der Waals surface area contributed by atoms with E-state index < -0.39 is 11.9 Å². The molecule has 0 aliphatic rings. The Balaban J connectivity index is 1.28. The van der Waals surface area contributed by atoms with Crippen molar-refractivity contribution < 1.29 is 47.5 Å². The van der Waals surface area contributed by atoms with E-state index in [4.69, 9.17) is 33.2 Å². The van der Waals surface area contributed by atoms with Crippen molar-refractivity contribution in [3.8, 4) is 28.4 Å². The van der Waals surface area contributed by atoms with Crippen molar-refractivity contribution in [1.82, 2.24) is 0 Å². The lowest BCUT2D eigenvalue weighted by molar-refractivity contribution is -0.152. The van der Waals surface area contributed by atoms with E-state index in [0.29, 0.717) is 61.8 Å². The molecule has 3 aromatic rings. The minimum absolute atomic E-state index is 0.0904. The molecule has 0 spiro atoms. The van der Waals surface area contributed by atoms with Crippen molar-refractivity contribution in [2.45, 2.75) is 34.1 Å². The molecule has 0 saturated heterocycles. The van der Waals surface area contributed by atoms with Crippen LogP contribution >= 0.6 is 0 Å². The Kier molecular flexibility index (Phi) is 16.9. The summed E-state index contributed by atoms with van der Waals surface area (Å²) < 4.78 is 38.1. The SMILES string of the molecule is C=CC(=O)OCCOc1ccc(-c2ccc(OC(=O)c3ccc(OCCOCCOCCOC(=O)[C@@H](CC(C)C)C(C)C)cc3)cc2)cc1. The van der Waals surface area contributed by atoms with Crippen molar-refractivity contribution in [3.05, 3.63) is 91.0 Å². The number of ether oxygens (including phenoxy) is 7. The van der Waals surface area contributed by atoms with Crippen molar-refractivity contribution in [2.75, 3.05) is 52.9 Å². The first-order chi connectivity index (χ1) is 23.7. The zero-order valence-corrected chi connectivity index (χ0v) is 28.9. The van der Waals surface area contributed by atoms with Crippen LogP contribution < -0.4 is 14.2 Å². The normalized spacial score (nSPS) is 11.6. The smallest absolute Gasteiger partial charge is 0.343 e. The van der Waals surface area contributed by atoms with Crippen LogP contribution in [0.2, 0.25) is 0 Å². The summed E-state index contributed by atoms with van der Waals surface area (Å²) in [5.41, 5.74) is 2.30. The first-order valence-electron chi connectivity index (χ1n) is 16.6. The number of carbonyl (C=O) groups is 3. The summed E-state index contributed by atoms with van der Waals surface area (Å²) in [7, 11) is 0. The van der Waals surface area contributed by atoms with Gasteiger partial charge in [0.25, 0.3) is 0 Å². The summed E-state index contributed by atoms with van der Waals surface area (Å²) in [4.78, 5) is 36.1. The second kappa shape index (κ2) is 21.3. The van der Waals surface area contributed by atoms with Crippen LogP contribution in [-0.2, 0) is 28.5 Å². The highest BCUT2D eigenvalue weighted by atomic mass is 16.6. The third-order valence-corrected chi connectivity index (χ3v) is 7.28. The van der Waals surface area contributed by atoms with E-state index in [2.05, 4.69) is 20.4 Å². The molecule has 0 amide bonds. The van der Waals surface area contributed by atoms with Gasteiger partial charge in [0.05, 0.1) is 37.9 Å². The van der Waals surface area contributed by atoms with Crippen LogP contribution in [-0.4, -0.2) is 70.8 Å². The number of benzene rings is 3. The Bertz CT molecular complexity index is 1430. The summed E-state index contributed by atoms with van der Waals surface area (Å²) in [6.07, 6.45) is 1.92. The quantitative estimate of drug-likeness (QED) is 0.0479. The molecule has 10 nitrogen and oxygen atoms in total. The summed E-state index contributed by atoms with van der Waals surface area (Å²) in [5.74, 6) is 1.14. The first kappa shape index (κ1) is 38.8. The van der Waals surface area contributed by atoms with Gasteiger partial charge in [0.15, 0.2) is 0 Å². The third kappa shape index (κ3) is 14.5. The average Bonchev–Trinajstić information content (AvgIpc) is 3.10. The molecule has 0 aliphatic carbocycles. The molecule has 3 rings (SSSR count). The van der Waals surface area contributed by atoms with E-state index in [1.165, 1.54) is 0 Å². The largest absolute Gasteiger partial charge is 0.491 e. The van der Waals surface area contributed by atoms with Gasteiger partial charge >= 0.3 is 17.9 Å². The Hall–Kier alpha value is -4.67. The molecule has 0 aromatic heterocycles. The molecule has 0 aliphatic heterocycles. The Morgan fingerprint density at radius 3 is 1.61 bits per heavy atom. The number of hydrogen-bond donors (Lipinski definition) is 0. The predicted molar refractivity (Wildman–Crippen MR) is 186 cm³/mol. The lowest BCUT2D eigenvalue weighted by Crippen LogP contribution is -2.25. The van der Waals surface area contributed by atoms with E-state index in [9.17, 15) is 14.4 Å². The molecule has 0 radical (unpaired) electrons. The molecule has 3 aromatic carbocycles. The molecule has 0 bridgehead atoms. The van der Waals surface area contributed by atoms with Crippen molar-refractivity contribution >= 4 is 17.9 Å². The fourth-order valence-corrected chi connectivity index (χ4v) is 4.67. The highest BCUT2D eigenvalue weighted by Crippen LogP contribution is 2.25. The van der Waals surface area contributed by atoms with Crippen LogP contribution in [0.3, 0.4) is 0 Å². The van der Waals surface area contributed by atoms with E-state index in [1.54, 1.807) is 36.4 Å². The van der Waals surface area contributed by atoms with Gasteiger partial charge in [0.2, 0.25) is 0 Å². The fourth-order valence-electron chi connectivity index (χ4n) is 4.67. The molecule has 0 fully saturated rings.